The number of para-hydroxylation sites is 1. The van der Waals surface area contributed by atoms with E-state index >= 15 is 0 Å². The van der Waals surface area contributed by atoms with Crippen LogP contribution in [0.25, 0.3) is 83.0 Å². The maximum Gasteiger partial charge on any atom is 0.116 e. The van der Waals surface area contributed by atoms with E-state index in [0.717, 1.165) is 52.2 Å². The molecule has 0 N–H and O–H groups in total. The normalized spacial score (nSPS) is 13.7. The van der Waals surface area contributed by atoms with Crippen molar-refractivity contribution in [1.82, 2.24) is 14.5 Å². The average Bonchev–Trinajstić information content (AvgIpc) is 3.74. The van der Waals surface area contributed by atoms with Crippen LogP contribution in [0.5, 0.6) is 0 Å². The van der Waals surface area contributed by atoms with Gasteiger partial charge in [-0.25, -0.2) is 9.97 Å². The van der Waals surface area contributed by atoms with Crippen LogP contribution in [0.15, 0.2) is 176 Å². The van der Waals surface area contributed by atoms with Gasteiger partial charge in [0.05, 0.1) is 22.4 Å². The molecule has 0 saturated carbocycles. The molecule has 3 heteroatoms. The second-order valence-corrected chi connectivity index (χ2v) is 16.5. The number of fused-ring (bicyclic) bond motifs is 12. The first kappa shape index (κ1) is 33.1. The molecular weight excluding hydrogens is 703 g/mol. The highest BCUT2D eigenvalue weighted by atomic mass is 15.0. The largest absolute Gasteiger partial charge is 0.309 e. The van der Waals surface area contributed by atoms with Crippen LogP contribution in [-0.2, 0) is 18.3 Å². The van der Waals surface area contributed by atoms with Crippen LogP contribution in [0.2, 0.25) is 0 Å². The number of rotatable bonds is 4. The van der Waals surface area contributed by atoms with Crippen molar-refractivity contribution in [2.45, 2.75) is 32.1 Å². The smallest absolute Gasteiger partial charge is 0.116 e. The first-order valence-corrected chi connectivity index (χ1v) is 20.3. The number of benzene rings is 8. The monoisotopic (exact) mass is 741 g/mol. The Morgan fingerprint density at radius 2 is 1.10 bits per heavy atom. The first-order chi connectivity index (χ1) is 28.5. The van der Waals surface area contributed by atoms with Crippen molar-refractivity contribution in [2.75, 3.05) is 0 Å². The van der Waals surface area contributed by atoms with Crippen LogP contribution in [0, 0.1) is 0 Å². The molecule has 0 amide bonds. The number of hydrogen-bond acceptors (Lipinski definition) is 2. The second-order valence-electron chi connectivity index (χ2n) is 16.5. The van der Waals surface area contributed by atoms with E-state index < -0.39 is 0 Å². The summed E-state index contributed by atoms with van der Waals surface area (Å²) in [5.41, 5.74) is 21.0. The molecule has 0 aliphatic heterocycles. The van der Waals surface area contributed by atoms with Gasteiger partial charge in [0.2, 0.25) is 0 Å². The quantitative estimate of drug-likeness (QED) is 0.180. The summed E-state index contributed by atoms with van der Waals surface area (Å²) < 4.78 is 2.57. The van der Waals surface area contributed by atoms with Gasteiger partial charge in [-0.15, -0.1) is 0 Å². The lowest BCUT2D eigenvalue weighted by atomic mass is 9.76. The highest BCUT2D eigenvalue weighted by Gasteiger charge is 2.42. The van der Waals surface area contributed by atoms with Crippen molar-refractivity contribution in [3.8, 4) is 50.5 Å². The van der Waals surface area contributed by atoms with Gasteiger partial charge in [0.1, 0.15) is 6.33 Å². The van der Waals surface area contributed by atoms with Crippen molar-refractivity contribution in [1.29, 1.82) is 0 Å². The van der Waals surface area contributed by atoms with Crippen molar-refractivity contribution < 1.29 is 0 Å². The van der Waals surface area contributed by atoms with Gasteiger partial charge < -0.3 is 4.57 Å². The van der Waals surface area contributed by atoms with Crippen LogP contribution in [0.3, 0.4) is 0 Å². The summed E-state index contributed by atoms with van der Waals surface area (Å²) in [5.74, 6) is 0. The Hall–Kier alpha value is -7.10. The number of hydrogen-bond donors (Lipinski definition) is 0. The molecule has 0 spiro atoms. The van der Waals surface area contributed by atoms with Gasteiger partial charge in [-0.1, -0.05) is 166 Å². The molecule has 58 heavy (non-hydrogen) atoms. The highest BCUT2D eigenvalue weighted by Crippen LogP contribution is 2.57. The molecule has 0 saturated heterocycles. The van der Waals surface area contributed by atoms with E-state index in [2.05, 4.69) is 188 Å². The zero-order valence-electron chi connectivity index (χ0n) is 32.5. The van der Waals surface area contributed by atoms with E-state index in [4.69, 9.17) is 9.97 Å². The lowest BCUT2D eigenvalue weighted by Gasteiger charge is -2.28. The van der Waals surface area contributed by atoms with Crippen molar-refractivity contribution >= 4 is 32.6 Å². The Balaban J connectivity index is 1.18. The fourth-order valence-corrected chi connectivity index (χ4v) is 10.4. The third-order valence-electron chi connectivity index (χ3n) is 13.0. The van der Waals surface area contributed by atoms with Crippen LogP contribution in [0.1, 0.15) is 47.2 Å². The van der Waals surface area contributed by atoms with Gasteiger partial charge >= 0.3 is 0 Å². The lowest BCUT2D eigenvalue weighted by molar-refractivity contribution is 0.663. The number of nitrogens with zero attached hydrogens (tertiary/aromatic N) is 3. The predicted molar refractivity (Wildman–Crippen MR) is 240 cm³/mol. The Labute approximate surface area is 337 Å². The van der Waals surface area contributed by atoms with Crippen molar-refractivity contribution in [3.63, 3.8) is 0 Å². The topological polar surface area (TPSA) is 30.7 Å². The van der Waals surface area contributed by atoms with E-state index in [-0.39, 0.29) is 5.41 Å². The van der Waals surface area contributed by atoms with E-state index in [9.17, 15) is 0 Å². The Morgan fingerprint density at radius 1 is 0.517 bits per heavy atom. The SMILES string of the molecule is CC1(C)c2ccccc2-c2c3c(c4c5ccccc5n(-c5cccc(-c6c(-c7ccccc7)ncnc6-c6ccccc6)c5)c4c21)Cc1cc2ccccc2cc1C3. The minimum Gasteiger partial charge on any atom is -0.309 e. The predicted octanol–water partition coefficient (Wildman–Crippen LogP) is 13.5. The van der Waals surface area contributed by atoms with E-state index in [0.29, 0.717) is 0 Å². The highest BCUT2D eigenvalue weighted by molar-refractivity contribution is 6.16. The zero-order chi connectivity index (χ0) is 38.5. The third kappa shape index (κ3) is 4.74. The van der Waals surface area contributed by atoms with Crippen LogP contribution in [-0.4, -0.2) is 14.5 Å². The molecular formula is C55H39N3. The Kier molecular flexibility index (Phi) is 7.10. The van der Waals surface area contributed by atoms with Gasteiger partial charge in [0, 0.05) is 38.6 Å². The van der Waals surface area contributed by atoms with Gasteiger partial charge in [-0.2, -0.15) is 0 Å². The summed E-state index contributed by atoms with van der Waals surface area (Å²) in [7, 11) is 0. The maximum absolute atomic E-state index is 4.96. The van der Waals surface area contributed by atoms with Crippen LogP contribution in [0.4, 0.5) is 0 Å². The molecule has 0 radical (unpaired) electrons. The summed E-state index contributed by atoms with van der Waals surface area (Å²) in [6, 6.07) is 62.1. The molecule has 10 aromatic rings. The van der Waals surface area contributed by atoms with Crippen molar-refractivity contribution in [3.05, 3.63) is 210 Å². The lowest BCUT2D eigenvalue weighted by Crippen LogP contribution is -2.18. The summed E-state index contributed by atoms with van der Waals surface area (Å²) in [4.78, 5) is 9.92. The summed E-state index contributed by atoms with van der Waals surface area (Å²) in [6.07, 6.45) is 3.53. The molecule has 3 nitrogen and oxygen atoms in total. The molecule has 0 unspecified atom stereocenters. The summed E-state index contributed by atoms with van der Waals surface area (Å²) in [6.45, 7) is 4.87. The van der Waals surface area contributed by atoms with E-state index in [1.54, 1.807) is 6.33 Å². The summed E-state index contributed by atoms with van der Waals surface area (Å²) >= 11 is 0. The van der Waals surface area contributed by atoms with E-state index in [1.807, 2.05) is 0 Å². The van der Waals surface area contributed by atoms with Gasteiger partial charge in [0.25, 0.3) is 0 Å². The van der Waals surface area contributed by atoms with Gasteiger partial charge in [-0.05, 0) is 91.9 Å². The molecule has 0 fully saturated rings. The van der Waals surface area contributed by atoms with Crippen LogP contribution >= 0.6 is 0 Å². The molecule has 2 aliphatic rings. The van der Waals surface area contributed by atoms with E-state index in [1.165, 1.54) is 77.1 Å². The van der Waals surface area contributed by atoms with Gasteiger partial charge in [0.15, 0.2) is 0 Å². The Morgan fingerprint density at radius 3 is 1.81 bits per heavy atom. The third-order valence-corrected chi connectivity index (χ3v) is 13.0. The van der Waals surface area contributed by atoms with Crippen LogP contribution < -0.4 is 0 Å². The molecule has 12 rings (SSSR count). The molecule has 2 aromatic heterocycles. The Bertz CT molecular complexity index is 3240. The molecule has 0 bridgehead atoms. The molecule has 2 aliphatic carbocycles. The molecule has 274 valence electrons. The maximum atomic E-state index is 4.96. The zero-order valence-corrected chi connectivity index (χ0v) is 32.5. The van der Waals surface area contributed by atoms with Crippen molar-refractivity contribution in [2.24, 2.45) is 0 Å². The minimum absolute atomic E-state index is 0.221. The standard InChI is InChI=1S/C55H39N3/c1-55(2)46-26-13-11-24-42(46)49-44-31-39-28-36-20-9-10-21-37(36)29-40(39)32-45(44)50-43-25-12-14-27-47(43)58(54(50)51(49)55)41-23-15-22-38(30-41)48-52(34-16-5-3-6-17-34)56-33-57-53(48)35-18-7-4-8-19-35/h3-30,33H,31-32H2,1-2H3. The molecule has 2 heterocycles. The summed E-state index contributed by atoms with van der Waals surface area (Å²) in [5, 5.41) is 5.31. The minimum atomic E-state index is -0.221. The fourth-order valence-electron chi connectivity index (χ4n) is 10.4. The first-order valence-electron chi connectivity index (χ1n) is 20.3. The molecule has 8 aromatic carbocycles. The molecule has 0 atom stereocenters. The second kappa shape index (κ2) is 12.4. The number of aromatic nitrogens is 3. The fraction of sp³-hybridized carbons (Fsp3) is 0.0909. The average molecular weight is 742 g/mol. The van der Waals surface area contributed by atoms with Gasteiger partial charge in [-0.3, -0.25) is 0 Å².